The third-order valence-corrected chi connectivity index (χ3v) is 3.26. The Balaban J connectivity index is 2.22. The maximum Gasteiger partial charge on any atom is 0.339 e. The molecule has 0 aliphatic carbocycles. The number of methoxy groups -OCH3 is 1. The number of aliphatic carboxylic acids is 1. The van der Waals surface area contributed by atoms with E-state index in [1.165, 1.54) is 25.5 Å². The van der Waals surface area contributed by atoms with Crippen molar-refractivity contribution in [3.63, 3.8) is 0 Å². The van der Waals surface area contributed by atoms with Crippen molar-refractivity contribution in [3.05, 3.63) is 89.5 Å². The minimum Gasteiger partial charge on any atom is -0.503 e. The highest BCUT2D eigenvalue weighted by Crippen LogP contribution is 2.21. The highest BCUT2D eigenvalue weighted by molar-refractivity contribution is 6.16. The van der Waals surface area contributed by atoms with Crippen molar-refractivity contribution in [1.82, 2.24) is 0 Å². The molecule has 3 nitrogen and oxygen atoms in total. The molecule has 2 rings (SSSR count). The Bertz CT molecular complexity index is 787. The number of ether oxygens (including phenoxy) is 1. The summed E-state index contributed by atoms with van der Waals surface area (Å²) in [4.78, 5) is 11.4. The molecule has 0 aromatic heterocycles. The molecular formula is C20H17FO3. The van der Waals surface area contributed by atoms with Crippen LogP contribution in [0.25, 0.3) is 17.7 Å². The average Bonchev–Trinajstić information content (AvgIpc) is 2.58. The highest BCUT2D eigenvalue weighted by Gasteiger charge is 2.13. The topological polar surface area (TPSA) is 46.5 Å². The fourth-order valence-electron chi connectivity index (χ4n) is 2.13. The number of benzene rings is 2. The van der Waals surface area contributed by atoms with Crippen molar-refractivity contribution in [3.8, 4) is 0 Å². The van der Waals surface area contributed by atoms with Crippen LogP contribution in [0.3, 0.4) is 0 Å². The molecule has 4 heteroatoms. The predicted octanol–water partition coefficient (Wildman–Crippen LogP) is 4.62. The van der Waals surface area contributed by atoms with Crippen LogP contribution in [0, 0.1) is 5.82 Å². The van der Waals surface area contributed by atoms with Crippen LogP contribution in [0.4, 0.5) is 4.39 Å². The molecule has 0 aliphatic rings. The van der Waals surface area contributed by atoms with E-state index >= 15 is 0 Å². The minimum absolute atomic E-state index is 0.0836. The first-order valence-electron chi connectivity index (χ1n) is 7.28. The summed E-state index contributed by atoms with van der Waals surface area (Å²) < 4.78 is 17.7. The van der Waals surface area contributed by atoms with E-state index in [1.807, 2.05) is 30.4 Å². The lowest BCUT2D eigenvalue weighted by atomic mass is 10.00. The van der Waals surface area contributed by atoms with E-state index in [1.54, 1.807) is 30.3 Å². The summed E-state index contributed by atoms with van der Waals surface area (Å²) in [6.45, 7) is 0. The van der Waals surface area contributed by atoms with Crippen LogP contribution in [0.2, 0.25) is 0 Å². The second-order valence-electron chi connectivity index (χ2n) is 4.93. The fraction of sp³-hybridized carbons (Fsp3) is 0.0500. The van der Waals surface area contributed by atoms with Crippen LogP contribution in [0.5, 0.6) is 0 Å². The molecule has 0 saturated heterocycles. The van der Waals surface area contributed by atoms with Gasteiger partial charge < -0.3 is 9.84 Å². The van der Waals surface area contributed by atoms with Crippen LogP contribution >= 0.6 is 0 Å². The molecule has 24 heavy (non-hydrogen) atoms. The second-order valence-corrected chi connectivity index (χ2v) is 4.93. The third-order valence-electron chi connectivity index (χ3n) is 3.26. The summed E-state index contributed by atoms with van der Waals surface area (Å²) in [6, 6.07) is 13.3. The van der Waals surface area contributed by atoms with Crippen molar-refractivity contribution in [1.29, 1.82) is 0 Å². The molecule has 0 atom stereocenters. The quantitative estimate of drug-likeness (QED) is 0.479. The molecule has 0 radical (unpaired) electrons. The normalized spacial score (nSPS) is 12.0. The van der Waals surface area contributed by atoms with Gasteiger partial charge in [0.25, 0.3) is 0 Å². The summed E-state index contributed by atoms with van der Waals surface area (Å²) in [6.07, 6.45) is 8.46. The monoisotopic (exact) mass is 324 g/mol. The first-order chi connectivity index (χ1) is 11.6. The molecule has 0 fully saturated rings. The number of rotatable bonds is 6. The smallest absolute Gasteiger partial charge is 0.339 e. The second kappa shape index (κ2) is 8.48. The van der Waals surface area contributed by atoms with Gasteiger partial charge >= 0.3 is 5.97 Å². The molecule has 0 saturated carbocycles. The number of carboxylic acids is 1. The average molecular weight is 324 g/mol. The number of halogens is 1. The maximum absolute atomic E-state index is 12.8. The highest BCUT2D eigenvalue weighted by atomic mass is 19.1. The van der Waals surface area contributed by atoms with Crippen molar-refractivity contribution in [2.75, 3.05) is 7.11 Å². The maximum atomic E-state index is 12.8. The van der Waals surface area contributed by atoms with E-state index in [9.17, 15) is 14.3 Å². The molecule has 0 spiro atoms. The zero-order chi connectivity index (χ0) is 17.4. The lowest BCUT2D eigenvalue weighted by molar-refractivity contribution is -0.130. The van der Waals surface area contributed by atoms with Crippen molar-refractivity contribution >= 4 is 23.7 Å². The van der Waals surface area contributed by atoms with E-state index in [4.69, 9.17) is 4.74 Å². The van der Waals surface area contributed by atoms with E-state index in [0.717, 1.165) is 11.1 Å². The van der Waals surface area contributed by atoms with Gasteiger partial charge in [-0.05, 0) is 28.8 Å². The van der Waals surface area contributed by atoms with Crippen LogP contribution in [-0.4, -0.2) is 18.2 Å². The Kier molecular flexibility index (Phi) is 6.08. The number of allylic oxidation sites excluding steroid dienone is 2. The molecule has 0 heterocycles. The van der Waals surface area contributed by atoms with Gasteiger partial charge in [-0.2, -0.15) is 0 Å². The van der Waals surface area contributed by atoms with Gasteiger partial charge in [-0.15, -0.1) is 0 Å². The van der Waals surface area contributed by atoms with Gasteiger partial charge in [0.2, 0.25) is 0 Å². The number of carbonyl (C=O) groups is 1. The Morgan fingerprint density at radius 1 is 1.04 bits per heavy atom. The number of hydrogen-bond acceptors (Lipinski definition) is 2. The zero-order valence-corrected chi connectivity index (χ0v) is 13.1. The summed E-state index contributed by atoms with van der Waals surface area (Å²) >= 11 is 0. The van der Waals surface area contributed by atoms with Crippen LogP contribution in [0.15, 0.2) is 66.9 Å². The van der Waals surface area contributed by atoms with Gasteiger partial charge in [0.1, 0.15) is 11.4 Å². The first kappa shape index (κ1) is 17.2. The van der Waals surface area contributed by atoms with E-state index < -0.39 is 5.97 Å². The molecule has 122 valence electrons. The minimum atomic E-state index is -1.06. The van der Waals surface area contributed by atoms with Crippen molar-refractivity contribution in [2.24, 2.45) is 0 Å². The first-order valence-corrected chi connectivity index (χ1v) is 7.28. The molecule has 0 aliphatic heterocycles. The molecule has 0 bridgehead atoms. The van der Waals surface area contributed by atoms with Gasteiger partial charge in [-0.1, -0.05) is 60.7 Å². The Labute approximate surface area is 140 Å². The third kappa shape index (κ3) is 4.68. The van der Waals surface area contributed by atoms with Gasteiger partial charge in [0.15, 0.2) is 0 Å². The van der Waals surface area contributed by atoms with Crippen molar-refractivity contribution in [2.45, 2.75) is 0 Å². The molecule has 2 aromatic carbocycles. The van der Waals surface area contributed by atoms with E-state index in [0.29, 0.717) is 5.56 Å². The van der Waals surface area contributed by atoms with Crippen LogP contribution in [0.1, 0.15) is 16.7 Å². The Morgan fingerprint density at radius 2 is 1.71 bits per heavy atom. The molecule has 1 N–H and O–H groups in total. The van der Waals surface area contributed by atoms with Crippen LogP contribution < -0.4 is 0 Å². The summed E-state index contributed by atoms with van der Waals surface area (Å²) in [5.74, 6) is -1.33. The number of carboxylic acid groups (broad SMARTS) is 1. The largest absolute Gasteiger partial charge is 0.503 e. The molecule has 0 unspecified atom stereocenters. The summed E-state index contributed by atoms with van der Waals surface area (Å²) in [7, 11) is 1.41. The SMILES string of the molecule is CO/C=C(/C(=O)O)c1ccccc1C=C/C=C/c1ccc(F)cc1. The molecule has 2 aromatic rings. The zero-order valence-electron chi connectivity index (χ0n) is 13.1. The lowest BCUT2D eigenvalue weighted by Crippen LogP contribution is -2.02. The van der Waals surface area contributed by atoms with Gasteiger partial charge in [0, 0.05) is 0 Å². The fourth-order valence-corrected chi connectivity index (χ4v) is 2.13. The van der Waals surface area contributed by atoms with Crippen LogP contribution in [-0.2, 0) is 9.53 Å². The summed E-state index contributed by atoms with van der Waals surface area (Å²) in [5.41, 5.74) is 2.28. The molecule has 0 amide bonds. The van der Waals surface area contributed by atoms with E-state index in [2.05, 4.69) is 0 Å². The van der Waals surface area contributed by atoms with Gasteiger partial charge in [-0.3, -0.25) is 0 Å². The van der Waals surface area contributed by atoms with Gasteiger partial charge in [-0.25, -0.2) is 9.18 Å². The standard InChI is InChI=1S/C20H17FO3/c1-24-14-19(20(22)23)18-9-5-4-8-16(18)7-3-2-6-15-10-12-17(21)13-11-15/h2-14H,1H3,(H,22,23)/b6-2+,7-3?,19-14+. The number of hydrogen-bond donors (Lipinski definition) is 1. The predicted molar refractivity (Wildman–Crippen MR) is 93.5 cm³/mol. The lowest BCUT2D eigenvalue weighted by Gasteiger charge is -2.06. The van der Waals surface area contributed by atoms with E-state index in [-0.39, 0.29) is 11.4 Å². The van der Waals surface area contributed by atoms with Gasteiger partial charge in [0.05, 0.1) is 13.4 Å². The molecular weight excluding hydrogens is 307 g/mol. The summed E-state index contributed by atoms with van der Waals surface area (Å²) in [5, 5.41) is 9.31. The van der Waals surface area contributed by atoms with Crippen molar-refractivity contribution < 1.29 is 19.0 Å². The Hall–Kier alpha value is -3.14. The Morgan fingerprint density at radius 3 is 2.38 bits per heavy atom.